The van der Waals surface area contributed by atoms with E-state index < -0.39 is 6.04 Å². The second kappa shape index (κ2) is 9.47. The quantitative estimate of drug-likeness (QED) is 0.715. The van der Waals surface area contributed by atoms with Crippen molar-refractivity contribution in [3.8, 4) is 0 Å². The van der Waals surface area contributed by atoms with Crippen LogP contribution in [0, 0.1) is 0 Å². The van der Waals surface area contributed by atoms with Crippen LogP contribution in [0.4, 0.5) is 0 Å². The van der Waals surface area contributed by atoms with Gasteiger partial charge >= 0.3 is 0 Å². The van der Waals surface area contributed by atoms with Gasteiger partial charge in [0, 0.05) is 55.7 Å². The lowest BCUT2D eigenvalue weighted by molar-refractivity contribution is -0.143. The summed E-state index contributed by atoms with van der Waals surface area (Å²) in [4.78, 5) is 33.6. The van der Waals surface area contributed by atoms with E-state index in [9.17, 15) is 9.59 Å². The Morgan fingerprint density at radius 2 is 1.73 bits per heavy atom. The van der Waals surface area contributed by atoms with Crippen molar-refractivity contribution in [1.29, 1.82) is 0 Å². The van der Waals surface area contributed by atoms with Crippen LogP contribution in [-0.4, -0.2) is 89.1 Å². The van der Waals surface area contributed by atoms with Crippen molar-refractivity contribution in [2.24, 2.45) is 0 Å². The topological polar surface area (TPSA) is 58.0 Å². The first-order chi connectivity index (χ1) is 16.0. The normalized spacial score (nSPS) is 23.1. The number of amides is 2. The molecule has 0 bridgehead atoms. The van der Waals surface area contributed by atoms with Crippen molar-refractivity contribution in [3.05, 3.63) is 36.0 Å². The summed E-state index contributed by atoms with van der Waals surface area (Å²) in [5.41, 5.74) is 1.70. The summed E-state index contributed by atoms with van der Waals surface area (Å²) < 4.78 is 7.78. The van der Waals surface area contributed by atoms with Crippen LogP contribution in [0.3, 0.4) is 0 Å². The van der Waals surface area contributed by atoms with Crippen LogP contribution < -0.4 is 0 Å². The number of hydrogen-bond acceptors (Lipinski definition) is 4. The summed E-state index contributed by atoms with van der Waals surface area (Å²) in [5.74, 6) is -0.0486. The molecule has 1 unspecified atom stereocenters. The fourth-order valence-electron chi connectivity index (χ4n) is 5.88. The van der Waals surface area contributed by atoms with Crippen LogP contribution in [0.2, 0.25) is 0 Å². The molecule has 1 saturated carbocycles. The van der Waals surface area contributed by atoms with Gasteiger partial charge in [0.15, 0.2) is 0 Å². The molecule has 1 atom stereocenters. The van der Waals surface area contributed by atoms with Gasteiger partial charge in [-0.05, 0) is 38.8 Å². The van der Waals surface area contributed by atoms with E-state index >= 15 is 0 Å². The molecule has 2 aliphatic heterocycles. The largest absolute Gasteiger partial charge is 0.377 e. The summed E-state index contributed by atoms with van der Waals surface area (Å²) >= 11 is 0. The Morgan fingerprint density at radius 3 is 2.45 bits per heavy atom. The number of aromatic nitrogens is 1. The highest BCUT2D eigenvalue weighted by Crippen LogP contribution is 2.27. The predicted octanol–water partition coefficient (Wildman–Crippen LogP) is 3.15. The molecule has 0 radical (unpaired) electrons. The number of rotatable bonds is 4. The number of carbonyl (C=O) groups excluding carboxylic acids is 2. The summed E-state index contributed by atoms with van der Waals surface area (Å²) in [6, 6.07) is 10.3. The number of hydrogen-bond donors (Lipinski definition) is 0. The van der Waals surface area contributed by atoms with E-state index in [4.69, 9.17) is 4.74 Å². The highest BCUT2D eigenvalue weighted by atomic mass is 16.5. The van der Waals surface area contributed by atoms with Crippen molar-refractivity contribution >= 4 is 22.7 Å². The molecule has 3 heterocycles. The predicted molar refractivity (Wildman–Crippen MR) is 128 cm³/mol. The molecule has 33 heavy (non-hydrogen) atoms. The van der Waals surface area contributed by atoms with E-state index in [1.165, 1.54) is 25.7 Å². The SMILES string of the molecule is CC(C)n1c(C(=O)N2CCOCC2C(=O)N2CCN(C3CCCC3)CC2)cc2ccccc21. The number of nitrogens with zero attached hydrogens (tertiary/aromatic N) is 4. The number of piperazine rings is 1. The molecule has 1 aromatic carbocycles. The zero-order valence-electron chi connectivity index (χ0n) is 19.9. The molecule has 178 valence electrons. The van der Waals surface area contributed by atoms with Gasteiger partial charge in [0.25, 0.3) is 5.91 Å². The van der Waals surface area contributed by atoms with Crippen molar-refractivity contribution in [2.45, 2.75) is 57.7 Å². The molecular formula is C26H36N4O3. The third-order valence-electron chi connectivity index (χ3n) is 7.62. The summed E-state index contributed by atoms with van der Waals surface area (Å²) in [6.45, 7) is 8.70. The second-order valence-electron chi connectivity index (χ2n) is 9.94. The van der Waals surface area contributed by atoms with Gasteiger partial charge in [-0.15, -0.1) is 0 Å². The molecule has 7 nitrogen and oxygen atoms in total. The molecule has 3 fully saturated rings. The van der Waals surface area contributed by atoms with Crippen LogP contribution in [-0.2, 0) is 9.53 Å². The first-order valence-electron chi connectivity index (χ1n) is 12.6. The Morgan fingerprint density at radius 1 is 1.00 bits per heavy atom. The zero-order chi connectivity index (χ0) is 22.9. The Hall–Kier alpha value is -2.38. The Bertz CT molecular complexity index is 1000. The maximum absolute atomic E-state index is 13.8. The molecule has 2 amide bonds. The minimum Gasteiger partial charge on any atom is -0.377 e. The van der Waals surface area contributed by atoms with E-state index in [-0.39, 0.29) is 24.5 Å². The standard InChI is InChI=1S/C26H36N4O3/c1-19(2)30-22-10-6-3-7-20(22)17-23(30)26(32)29-15-16-33-18-24(29)25(31)28-13-11-27(12-14-28)21-8-4-5-9-21/h3,6-7,10,17,19,21,24H,4-5,8-9,11-16,18H2,1-2H3. The number of morpholine rings is 1. The number of carbonyl (C=O) groups is 2. The van der Waals surface area contributed by atoms with Crippen molar-refractivity contribution in [1.82, 2.24) is 19.3 Å². The lowest BCUT2D eigenvalue weighted by Gasteiger charge is -2.42. The lowest BCUT2D eigenvalue weighted by atomic mass is 10.1. The van der Waals surface area contributed by atoms with E-state index in [2.05, 4.69) is 29.4 Å². The monoisotopic (exact) mass is 452 g/mol. The third-order valence-corrected chi connectivity index (χ3v) is 7.62. The van der Waals surface area contributed by atoms with E-state index in [1.54, 1.807) is 4.90 Å². The van der Waals surface area contributed by atoms with Crippen LogP contribution in [0.5, 0.6) is 0 Å². The van der Waals surface area contributed by atoms with Crippen LogP contribution in [0.15, 0.2) is 30.3 Å². The van der Waals surface area contributed by atoms with Gasteiger partial charge < -0.3 is 19.1 Å². The average molecular weight is 453 g/mol. The zero-order valence-corrected chi connectivity index (χ0v) is 19.9. The Labute approximate surface area is 196 Å². The van der Waals surface area contributed by atoms with Crippen molar-refractivity contribution < 1.29 is 14.3 Å². The summed E-state index contributed by atoms with van der Waals surface area (Å²) in [7, 11) is 0. The summed E-state index contributed by atoms with van der Waals surface area (Å²) in [5, 5.41) is 1.05. The number of benzene rings is 1. The Balaban J connectivity index is 1.34. The fourth-order valence-corrected chi connectivity index (χ4v) is 5.88. The van der Waals surface area contributed by atoms with E-state index in [0.29, 0.717) is 24.9 Å². The lowest BCUT2D eigenvalue weighted by Crippen LogP contribution is -2.60. The molecule has 1 aromatic heterocycles. The van der Waals surface area contributed by atoms with Crippen LogP contribution >= 0.6 is 0 Å². The average Bonchev–Trinajstić information content (AvgIpc) is 3.51. The minimum absolute atomic E-state index is 0.0290. The fraction of sp³-hybridized carbons (Fsp3) is 0.615. The number of para-hydroxylation sites is 1. The van der Waals surface area contributed by atoms with Crippen molar-refractivity contribution in [2.75, 3.05) is 45.9 Å². The molecule has 2 aromatic rings. The van der Waals surface area contributed by atoms with Gasteiger partial charge in [0.05, 0.1) is 13.2 Å². The maximum atomic E-state index is 13.8. The highest BCUT2D eigenvalue weighted by molar-refractivity contribution is 6.01. The summed E-state index contributed by atoms with van der Waals surface area (Å²) in [6.07, 6.45) is 5.23. The van der Waals surface area contributed by atoms with E-state index in [1.807, 2.05) is 29.2 Å². The van der Waals surface area contributed by atoms with Crippen LogP contribution in [0.1, 0.15) is 56.1 Å². The molecule has 1 aliphatic carbocycles. The van der Waals surface area contributed by atoms with Gasteiger partial charge in [-0.25, -0.2) is 0 Å². The van der Waals surface area contributed by atoms with Gasteiger partial charge in [0.2, 0.25) is 5.91 Å². The molecule has 3 aliphatic rings. The Kier molecular flexibility index (Phi) is 6.43. The van der Waals surface area contributed by atoms with Crippen molar-refractivity contribution in [3.63, 3.8) is 0 Å². The number of ether oxygens (including phenoxy) is 1. The highest BCUT2D eigenvalue weighted by Gasteiger charge is 2.38. The molecule has 0 N–H and O–H groups in total. The molecular weight excluding hydrogens is 416 g/mol. The molecule has 2 saturated heterocycles. The van der Waals surface area contributed by atoms with Crippen LogP contribution in [0.25, 0.3) is 10.9 Å². The second-order valence-corrected chi connectivity index (χ2v) is 9.94. The maximum Gasteiger partial charge on any atom is 0.271 e. The molecule has 0 spiro atoms. The third kappa shape index (κ3) is 4.28. The number of fused-ring (bicyclic) bond motifs is 1. The van der Waals surface area contributed by atoms with Gasteiger partial charge in [-0.2, -0.15) is 0 Å². The van der Waals surface area contributed by atoms with E-state index in [0.717, 1.165) is 37.1 Å². The van der Waals surface area contributed by atoms with Gasteiger partial charge in [-0.3, -0.25) is 14.5 Å². The van der Waals surface area contributed by atoms with Gasteiger partial charge in [-0.1, -0.05) is 31.0 Å². The van der Waals surface area contributed by atoms with Gasteiger partial charge in [0.1, 0.15) is 11.7 Å². The first kappa shape index (κ1) is 22.4. The smallest absolute Gasteiger partial charge is 0.271 e. The molecule has 7 heteroatoms. The first-order valence-corrected chi connectivity index (χ1v) is 12.6. The molecule has 5 rings (SSSR count). The minimum atomic E-state index is -0.553.